The smallest absolute Gasteiger partial charge is 0.357 e. The Labute approximate surface area is 179 Å². The molecule has 0 spiro atoms. The average molecular weight is 437 g/mol. The van der Waals surface area contributed by atoms with Crippen molar-refractivity contribution in [1.29, 1.82) is 0 Å². The molecule has 1 aromatic heterocycles. The minimum absolute atomic E-state index is 0.0969. The van der Waals surface area contributed by atoms with Crippen molar-refractivity contribution in [1.82, 2.24) is 15.2 Å². The molecule has 1 aromatic rings. The number of anilines is 1. The topological polar surface area (TPSA) is 118 Å². The zero-order valence-corrected chi connectivity index (χ0v) is 18.1. The molecule has 30 heavy (non-hydrogen) atoms. The van der Waals surface area contributed by atoms with E-state index < -0.39 is 30.0 Å². The fourth-order valence-corrected chi connectivity index (χ4v) is 4.80. The second kappa shape index (κ2) is 10.0. The maximum absolute atomic E-state index is 13.1. The summed E-state index contributed by atoms with van der Waals surface area (Å²) in [4.78, 5) is 55.3. The molecule has 4 amide bonds. The van der Waals surface area contributed by atoms with Crippen LogP contribution in [0, 0.1) is 5.92 Å². The van der Waals surface area contributed by atoms with Crippen LogP contribution in [-0.4, -0.2) is 52.9 Å². The number of amides is 4. The SMILES string of the molecule is CCCC1NC(=O)N(C(CC2CCCCC2)C(=O)Nc2nc(C(=O)OC)cs2)C1=O. The van der Waals surface area contributed by atoms with Crippen LogP contribution in [0.4, 0.5) is 9.93 Å². The largest absolute Gasteiger partial charge is 0.464 e. The Morgan fingerprint density at radius 2 is 2.07 bits per heavy atom. The van der Waals surface area contributed by atoms with Gasteiger partial charge in [-0.1, -0.05) is 45.4 Å². The summed E-state index contributed by atoms with van der Waals surface area (Å²) in [5.74, 6) is -1.14. The maximum atomic E-state index is 13.1. The molecule has 2 fully saturated rings. The predicted octanol–water partition coefficient (Wildman–Crippen LogP) is 2.93. The van der Waals surface area contributed by atoms with E-state index in [1.165, 1.54) is 18.9 Å². The zero-order chi connectivity index (χ0) is 21.7. The van der Waals surface area contributed by atoms with Crippen LogP contribution in [0.15, 0.2) is 5.38 Å². The molecule has 0 bridgehead atoms. The highest BCUT2D eigenvalue weighted by Gasteiger charge is 2.45. The third kappa shape index (κ3) is 4.97. The molecule has 9 nitrogen and oxygen atoms in total. The number of aromatic nitrogens is 1. The molecule has 2 N–H and O–H groups in total. The lowest BCUT2D eigenvalue weighted by Crippen LogP contribution is -2.49. The highest BCUT2D eigenvalue weighted by atomic mass is 32.1. The number of rotatable bonds is 8. The highest BCUT2D eigenvalue weighted by Crippen LogP contribution is 2.30. The Morgan fingerprint density at radius 1 is 1.33 bits per heavy atom. The van der Waals surface area contributed by atoms with E-state index in [9.17, 15) is 19.2 Å². The van der Waals surface area contributed by atoms with Crippen molar-refractivity contribution in [3.8, 4) is 0 Å². The number of esters is 1. The first kappa shape index (κ1) is 22.2. The molecule has 0 radical (unpaired) electrons. The van der Waals surface area contributed by atoms with E-state index in [2.05, 4.69) is 20.4 Å². The molecular formula is C20H28N4O5S. The highest BCUT2D eigenvalue weighted by molar-refractivity contribution is 7.14. The molecule has 164 valence electrons. The molecule has 2 unspecified atom stereocenters. The number of nitrogens with one attached hydrogen (secondary N) is 2. The van der Waals surface area contributed by atoms with Crippen molar-refractivity contribution >= 4 is 40.3 Å². The summed E-state index contributed by atoms with van der Waals surface area (Å²) < 4.78 is 4.63. The number of thiazole rings is 1. The van der Waals surface area contributed by atoms with E-state index in [-0.39, 0.29) is 22.7 Å². The van der Waals surface area contributed by atoms with Crippen LogP contribution in [0.2, 0.25) is 0 Å². The van der Waals surface area contributed by atoms with Crippen LogP contribution in [-0.2, 0) is 14.3 Å². The summed E-state index contributed by atoms with van der Waals surface area (Å²) in [5, 5.41) is 7.10. The van der Waals surface area contributed by atoms with Gasteiger partial charge in [-0.05, 0) is 18.8 Å². The number of nitrogens with zero attached hydrogens (tertiary/aromatic N) is 2. The first-order valence-corrected chi connectivity index (χ1v) is 11.3. The number of methoxy groups -OCH3 is 1. The molecule has 2 aliphatic rings. The predicted molar refractivity (Wildman–Crippen MR) is 111 cm³/mol. The first-order valence-electron chi connectivity index (χ1n) is 10.4. The van der Waals surface area contributed by atoms with Gasteiger partial charge in [-0.25, -0.2) is 19.5 Å². The monoisotopic (exact) mass is 436 g/mol. The number of hydrogen-bond donors (Lipinski definition) is 2. The third-order valence-electron chi connectivity index (χ3n) is 5.65. The van der Waals surface area contributed by atoms with Gasteiger partial charge in [0.1, 0.15) is 12.1 Å². The van der Waals surface area contributed by atoms with Crippen LogP contribution in [0.5, 0.6) is 0 Å². The minimum atomic E-state index is -0.909. The van der Waals surface area contributed by atoms with Crippen molar-refractivity contribution in [2.75, 3.05) is 12.4 Å². The second-order valence-corrected chi connectivity index (χ2v) is 8.63. The molecular weight excluding hydrogens is 408 g/mol. The van der Waals surface area contributed by atoms with E-state index >= 15 is 0 Å². The van der Waals surface area contributed by atoms with Gasteiger partial charge in [0.25, 0.3) is 5.91 Å². The standard InChI is InChI=1S/C20H28N4O5S/c1-3-7-13-17(26)24(20(28)22-13)15(10-12-8-5-4-6-9-12)16(25)23-19-21-14(11-30-19)18(27)29-2/h11-13,15H,3-10H2,1-2H3,(H,22,28)(H,21,23,25). The normalized spacial score (nSPS) is 20.7. The van der Waals surface area contributed by atoms with Gasteiger partial charge in [0.05, 0.1) is 7.11 Å². The Kier molecular flexibility index (Phi) is 7.41. The van der Waals surface area contributed by atoms with Gasteiger partial charge >= 0.3 is 12.0 Å². The van der Waals surface area contributed by atoms with E-state index in [1.807, 2.05) is 6.92 Å². The number of urea groups is 1. The Bertz CT molecular complexity index is 805. The van der Waals surface area contributed by atoms with E-state index in [0.717, 1.165) is 48.3 Å². The minimum Gasteiger partial charge on any atom is -0.464 e. The van der Waals surface area contributed by atoms with Gasteiger partial charge in [-0.15, -0.1) is 11.3 Å². The van der Waals surface area contributed by atoms with E-state index in [0.29, 0.717) is 12.8 Å². The van der Waals surface area contributed by atoms with Gasteiger partial charge in [0.15, 0.2) is 10.8 Å². The lowest BCUT2D eigenvalue weighted by Gasteiger charge is -2.30. The van der Waals surface area contributed by atoms with Crippen molar-refractivity contribution in [2.45, 2.75) is 70.4 Å². The molecule has 0 aromatic carbocycles. The third-order valence-corrected chi connectivity index (χ3v) is 6.41. The molecule has 10 heteroatoms. The lowest BCUT2D eigenvalue weighted by molar-refractivity contribution is -0.134. The zero-order valence-electron chi connectivity index (χ0n) is 17.3. The van der Waals surface area contributed by atoms with Crippen molar-refractivity contribution < 1.29 is 23.9 Å². The van der Waals surface area contributed by atoms with Crippen LogP contribution < -0.4 is 10.6 Å². The summed E-state index contributed by atoms with van der Waals surface area (Å²) in [5.41, 5.74) is 0.0969. The molecule has 2 atom stereocenters. The molecule has 1 aliphatic heterocycles. The van der Waals surface area contributed by atoms with Crippen LogP contribution in [0.25, 0.3) is 0 Å². The van der Waals surface area contributed by atoms with Crippen molar-refractivity contribution in [3.63, 3.8) is 0 Å². The fraction of sp³-hybridized carbons (Fsp3) is 0.650. The fourth-order valence-electron chi connectivity index (χ4n) is 4.11. The van der Waals surface area contributed by atoms with Gasteiger partial charge in [0.2, 0.25) is 5.91 Å². The summed E-state index contributed by atoms with van der Waals surface area (Å²) in [6.07, 6.45) is 7.03. The molecule has 1 saturated carbocycles. The molecule has 1 saturated heterocycles. The van der Waals surface area contributed by atoms with E-state index in [1.54, 1.807) is 0 Å². The van der Waals surface area contributed by atoms with Gasteiger partial charge in [-0.3, -0.25) is 9.59 Å². The Balaban J connectivity index is 1.78. The lowest BCUT2D eigenvalue weighted by atomic mass is 9.84. The summed E-state index contributed by atoms with van der Waals surface area (Å²) in [7, 11) is 1.25. The van der Waals surface area contributed by atoms with Crippen LogP contribution in [0.3, 0.4) is 0 Å². The molecule has 3 rings (SSSR count). The quantitative estimate of drug-likeness (QED) is 0.478. The van der Waals surface area contributed by atoms with Crippen molar-refractivity contribution in [3.05, 3.63) is 11.1 Å². The number of imide groups is 1. The summed E-state index contributed by atoms with van der Waals surface area (Å²) in [6, 6.07) is -2.02. The maximum Gasteiger partial charge on any atom is 0.357 e. The Morgan fingerprint density at radius 3 is 2.73 bits per heavy atom. The Hall–Kier alpha value is -2.49. The summed E-state index contributed by atoms with van der Waals surface area (Å²) >= 11 is 1.09. The number of carbonyl (C=O) groups excluding carboxylic acids is 4. The van der Waals surface area contributed by atoms with E-state index in [4.69, 9.17) is 0 Å². The van der Waals surface area contributed by atoms with Crippen molar-refractivity contribution in [2.24, 2.45) is 5.92 Å². The number of carbonyl (C=O) groups is 4. The first-order chi connectivity index (χ1) is 14.4. The average Bonchev–Trinajstić information content (AvgIpc) is 3.31. The molecule has 1 aliphatic carbocycles. The summed E-state index contributed by atoms with van der Waals surface area (Å²) in [6.45, 7) is 1.94. The van der Waals surface area contributed by atoms with Gasteiger partial charge in [0, 0.05) is 5.38 Å². The molecule has 2 heterocycles. The van der Waals surface area contributed by atoms with Crippen LogP contribution >= 0.6 is 11.3 Å². The van der Waals surface area contributed by atoms with Gasteiger partial charge in [-0.2, -0.15) is 0 Å². The number of ether oxygens (including phenoxy) is 1. The second-order valence-electron chi connectivity index (χ2n) is 7.77. The number of hydrogen-bond acceptors (Lipinski definition) is 7. The van der Waals surface area contributed by atoms with Crippen LogP contribution in [0.1, 0.15) is 68.8 Å². The van der Waals surface area contributed by atoms with Gasteiger partial charge < -0.3 is 15.4 Å².